The molecular formula is C17H19FN2O3. The number of nitrogens with zero attached hydrogens (tertiary/aromatic N) is 1. The van der Waals surface area contributed by atoms with Gasteiger partial charge < -0.3 is 4.74 Å². The summed E-state index contributed by atoms with van der Waals surface area (Å²) in [5.74, 6) is -0.359. The van der Waals surface area contributed by atoms with Crippen molar-refractivity contribution in [2.45, 2.75) is 26.5 Å². The lowest BCUT2D eigenvalue weighted by Crippen LogP contribution is -2.36. The van der Waals surface area contributed by atoms with Crippen LogP contribution in [-0.2, 0) is 24.3 Å². The number of nitrogens with one attached hydrogen (secondary N) is 1. The lowest BCUT2D eigenvalue weighted by atomic mass is 10.0. The third-order valence-electron chi connectivity index (χ3n) is 3.48. The van der Waals surface area contributed by atoms with Gasteiger partial charge in [-0.2, -0.15) is 0 Å². The zero-order valence-corrected chi connectivity index (χ0v) is 13.0. The highest BCUT2D eigenvalue weighted by molar-refractivity contribution is 5.27. The molecule has 1 heterocycles. The summed E-state index contributed by atoms with van der Waals surface area (Å²) in [5.41, 5.74) is 0.765. The Hall–Kier alpha value is -2.47. The molecule has 122 valence electrons. The maximum absolute atomic E-state index is 13.4. The van der Waals surface area contributed by atoms with Gasteiger partial charge in [0.2, 0.25) is 0 Å². The molecule has 1 aromatic carbocycles. The van der Waals surface area contributed by atoms with E-state index in [1.54, 1.807) is 18.2 Å². The number of ether oxygens (including phenoxy) is 1. The predicted molar refractivity (Wildman–Crippen MR) is 86.1 cm³/mol. The minimum atomic E-state index is -0.539. The van der Waals surface area contributed by atoms with Crippen LogP contribution in [0.2, 0.25) is 0 Å². The summed E-state index contributed by atoms with van der Waals surface area (Å²) in [6, 6.07) is 6.09. The standard InChI is InChI=1S/C17H19FN2O3/c1-3-8-23-11-20-15(10-12-6-5-7-13(18)9-12)14(4-2)16(21)19-17(20)22/h3,5-7,9H,1,4,8,10-11H2,2H3,(H,19,21,22). The molecule has 0 saturated carbocycles. The molecule has 2 rings (SSSR count). The largest absolute Gasteiger partial charge is 0.357 e. The molecule has 0 aliphatic carbocycles. The molecule has 0 fully saturated rings. The summed E-state index contributed by atoms with van der Waals surface area (Å²) >= 11 is 0. The van der Waals surface area contributed by atoms with Crippen LogP contribution in [0, 0.1) is 5.82 Å². The molecule has 0 radical (unpaired) electrons. The van der Waals surface area contributed by atoms with Gasteiger partial charge in [0, 0.05) is 17.7 Å². The Morgan fingerprint density at radius 2 is 2.17 bits per heavy atom. The topological polar surface area (TPSA) is 64.1 Å². The molecule has 0 aliphatic rings. The second kappa shape index (κ2) is 7.69. The first-order chi connectivity index (χ1) is 11.1. The van der Waals surface area contributed by atoms with Gasteiger partial charge in [-0.1, -0.05) is 25.1 Å². The van der Waals surface area contributed by atoms with E-state index in [9.17, 15) is 14.0 Å². The molecule has 5 nitrogen and oxygen atoms in total. The van der Waals surface area contributed by atoms with Crippen LogP contribution >= 0.6 is 0 Å². The maximum atomic E-state index is 13.4. The van der Waals surface area contributed by atoms with Crippen molar-refractivity contribution in [1.29, 1.82) is 0 Å². The molecular weight excluding hydrogens is 299 g/mol. The maximum Gasteiger partial charge on any atom is 0.330 e. The minimum Gasteiger partial charge on any atom is -0.357 e. The summed E-state index contributed by atoms with van der Waals surface area (Å²) in [4.78, 5) is 26.4. The van der Waals surface area contributed by atoms with Crippen molar-refractivity contribution in [3.8, 4) is 0 Å². The van der Waals surface area contributed by atoms with Gasteiger partial charge in [0.25, 0.3) is 5.56 Å². The van der Waals surface area contributed by atoms with Crippen LogP contribution < -0.4 is 11.2 Å². The molecule has 1 aromatic heterocycles. The first-order valence-electron chi connectivity index (χ1n) is 7.34. The van der Waals surface area contributed by atoms with Crippen molar-refractivity contribution in [2.75, 3.05) is 6.61 Å². The highest BCUT2D eigenvalue weighted by Gasteiger charge is 2.14. The number of halogens is 1. The van der Waals surface area contributed by atoms with Crippen molar-refractivity contribution in [2.24, 2.45) is 0 Å². The van der Waals surface area contributed by atoms with Crippen LogP contribution in [0.25, 0.3) is 0 Å². The number of H-pyrrole nitrogens is 1. The lowest BCUT2D eigenvalue weighted by molar-refractivity contribution is 0.0943. The van der Waals surface area contributed by atoms with Crippen molar-refractivity contribution in [1.82, 2.24) is 9.55 Å². The zero-order valence-electron chi connectivity index (χ0n) is 13.0. The number of aromatic amines is 1. The van der Waals surface area contributed by atoms with Crippen LogP contribution in [0.15, 0.2) is 46.5 Å². The minimum absolute atomic E-state index is 0.000712. The Bertz CT molecular complexity index is 808. The van der Waals surface area contributed by atoms with E-state index in [1.807, 2.05) is 6.92 Å². The first kappa shape index (κ1) is 16.9. The van der Waals surface area contributed by atoms with E-state index in [2.05, 4.69) is 11.6 Å². The van der Waals surface area contributed by atoms with Crippen molar-refractivity contribution < 1.29 is 9.13 Å². The molecule has 1 N–H and O–H groups in total. The fraction of sp³-hybridized carbons (Fsp3) is 0.294. The zero-order chi connectivity index (χ0) is 16.8. The van der Waals surface area contributed by atoms with Crippen LogP contribution in [-0.4, -0.2) is 16.2 Å². The summed E-state index contributed by atoms with van der Waals surface area (Å²) in [6.45, 7) is 5.67. The van der Waals surface area contributed by atoms with E-state index in [-0.39, 0.29) is 25.6 Å². The van der Waals surface area contributed by atoms with E-state index in [1.165, 1.54) is 16.7 Å². The highest BCUT2D eigenvalue weighted by atomic mass is 19.1. The number of rotatable bonds is 7. The number of hydrogen-bond acceptors (Lipinski definition) is 3. The van der Waals surface area contributed by atoms with Gasteiger partial charge >= 0.3 is 5.69 Å². The Balaban J connectivity index is 2.50. The molecule has 0 amide bonds. The molecule has 0 unspecified atom stereocenters. The molecule has 2 aromatic rings. The molecule has 0 atom stereocenters. The van der Waals surface area contributed by atoms with E-state index in [0.717, 1.165) is 0 Å². The van der Waals surface area contributed by atoms with Gasteiger partial charge in [0.05, 0.1) is 6.61 Å². The summed E-state index contributed by atoms with van der Waals surface area (Å²) in [6.07, 6.45) is 2.31. The molecule has 0 aliphatic heterocycles. The summed E-state index contributed by atoms with van der Waals surface area (Å²) in [7, 11) is 0. The van der Waals surface area contributed by atoms with Gasteiger partial charge in [-0.05, 0) is 24.1 Å². The monoisotopic (exact) mass is 318 g/mol. The van der Waals surface area contributed by atoms with E-state index in [0.29, 0.717) is 23.2 Å². The molecule has 0 bridgehead atoms. The molecule has 0 saturated heterocycles. The SMILES string of the molecule is C=CCOCn1c(Cc2cccc(F)c2)c(CC)c(=O)[nH]c1=O. The average molecular weight is 318 g/mol. The van der Waals surface area contributed by atoms with Crippen molar-refractivity contribution in [3.63, 3.8) is 0 Å². The number of benzene rings is 1. The first-order valence-corrected chi connectivity index (χ1v) is 7.34. The van der Waals surface area contributed by atoms with Crippen molar-refractivity contribution in [3.05, 3.63) is 80.4 Å². The number of aromatic nitrogens is 2. The molecule has 6 heteroatoms. The average Bonchev–Trinajstić information content (AvgIpc) is 2.50. The Kier molecular flexibility index (Phi) is 5.65. The normalized spacial score (nSPS) is 10.7. The fourth-order valence-electron chi connectivity index (χ4n) is 2.43. The predicted octanol–water partition coefficient (Wildman–Crippen LogP) is 1.99. The quantitative estimate of drug-likeness (QED) is 0.627. The number of hydrogen-bond donors (Lipinski definition) is 1. The highest BCUT2D eigenvalue weighted by Crippen LogP contribution is 2.13. The smallest absolute Gasteiger partial charge is 0.330 e. The molecule has 0 spiro atoms. The van der Waals surface area contributed by atoms with Crippen LogP contribution in [0.5, 0.6) is 0 Å². The van der Waals surface area contributed by atoms with Gasteiger partial charge in [-0.3, -0.25) is 14.3 Å². The Morgan fingerprint density at radius 3 is 2.83 bits per heavy atom. The Morgan fingerprint density at radius 1 is 1.39 bits per heavy atom. The summed E-state index contributed by atoms with van der Waals surface area (Å²) < 4.78 is 20.1. The Labute approximate surface area is 133 Å². The van der Waals surface area contributed by atoms with Crippen LogP contribution in [0.1, 0.15) is 23.7 Å². The second-order valence-corrected chi connectivity index (χ2v) is 5.06. The fourth-order valence-corrected chi connectivity index (χ4v) is 2.43. The van der Waals surface area contributed by atoms with E-state index >= 15 is 0 Å². The van der Waals surface area contributed by atoms with Crippen LogP contribution in [0.3, 0.4) is 0 Å². The van der Waals surface area contributed by atoms with Gasteiger partial charge in [-0.15, -0.1) is 6.58 Å². The second-order valence-electron chi connectivity index (χ2n) is 5.06. The van der Waals surface area contributed by atoms with E-state index < -0.39 is 11.2 Å². The van der Waals surface area contributed by atoms with Gasteiger partial charge in [0.15, 0.2) is 0 Å². The third-order valence-corrected chi connectivity index (χ3v) is 3.48. The summed E-state index contributed by atoms with van der Waals surface area (Å²) in [5, 5.41) is 0. The van der Waals surface area contributed by atoms with Gasteiger partial charge in [-0.25, -0.2) is 9.18 Å². The van der Waals surface area contributed by atoms with Crippen molar-refractivity contribution >= 4 is 0 Å². The van der Waals surface area contributed by atoms with Crippen LogP contribution in [0.4, 0.5) is 4.39 Å². The lowest BCUT2D eigenvalue weighted by Gasteiger charge is -2.15. The van der Waals surface area contributed by atoms with Gasteiger partial charge in [0.1, 0.15) is 12.5 Å². The van der Waals surface area contributed by atoms with E-state index in [4.69, 9.17) is 4.74 Å². The molecule has 23 heavy (non-hydrogen) atoms. The third kappa shape index (κ3) is 4.04.